The normalized spacial score (nSPS) is 10.5. The number of carbonyl (C=O) groups is 1. The molecule has 2 aromatic heterocycles. The van der Waals surface area contributed by atoms with E-state index in [1.165, 1.54) is 11.3 Å². The number of aromatic nitrogens is 1. The summed E-state index contributed by atoms with van der Waals surface area (Å²) in [5, 5.41) is 5.98. The monoisotopic (exact) mass is 364 g/mol. The summed E-state index contributed by atoms with van der Waals surface area (Å²) in [5.41, 5.74) is 0.916. The molecule has 0 saturated heterocycles. The van der Waals surface area contributed by atoms with Crippen LogP contribution in [0.5, 0.6) is 5.75 Å². The first kappa shape index (κ1) is 16.0. The molecule has 0 saturated carbocycles. The van der Waals surface area contributed by atoms with E-state index in [0.717, 1.165) is 15.4 Å². The molecule has 4 nitrogen and oxygen atoms in total. The molecule has 0 aliphatic carbocycles. The van der Waals surface area contributed by atoms with Gasteiger partial charge in [0, 0.05) is 9.90 Å². The number of halogens is 1. The molecule has 1 N–H and O–H groups in total. The highest BCUT2D eigenvalue weighted by molar-refractivity contribution is 7.17. The Labute approximate surface area is 146 Å². The van der Waals surface area contributed by atoms with Gasteiger partial charge in [0.15, 0.2) is 11.7 Å². The number of thiophene rings is 1. The number of nitrogens with zero attached hydrogens (tertiary/aromatic N) is 1. The Hall–Kier alpha value is -1.89. The Bertz CT molecular complexity index is 798. The first-order valence-electron chi connectivity index (χ1n) is 6.81. The molecule has 0 aliphatic rings. The standard InChI is InChI=1S/C16H13ClN2O2S2/c1-10-15(13-3-2-8-22-13)19-16(23-10)18-14(20)9-21-12-6-4-11(17)5-7-12/h2-8H,9H2,1H3,(H,18,19,20). The van der Waals surface area contributed by atoms with Crippen molar-refractivity contribution in [2.75, 3.05) is 11.9 Å². The lowest BCUT2D eigenvalue weighted by Crippen LogP contribution is -2.20. The Kier molecular flexibility index (Phi) is 4.95. The van der Waals surface area contributed by atoms with E-state index in [1.807, 2.05) is 24.4 Å². The SMILES string of the molecule is Cc1sc(NC(=O)COc2ccc(Cl)cc2)nc1-c1cccs1. The molecule has 0 radical (unpaired) electrons. The van der Waals surface area contributed by atoms with Crippen molar-refractivity contribution in [1.29, 1.82) is 0 Å². The van der Waals surface area contributed by atoms with Crippen molar-refractivity contribution < 1.29 is 9.53 Å². The van der Waals surface area contributed by atoms with Gasteiger partial charge in [-0.05, 0) is 42.6 Å². The summed E-state index contributed by atoms with van der Waals surface area (Å²) < 4.78 is 5.41. The third-order valence-electron chi connectivity index (χ3n) is 2.98. The second kappa shape index (κ2) is 7.12. The van der Waals surface area contributed by atoms with Crippen molar-refractivity contribution in [2.45, 2.75) is 6.92 Å². The average Bonchev–Trinajstić information content (AvgIpc) is 3.16. The van der Waals surface area contributed by atoms with E-state index in [0.29, 0.717) is 15.9 Å². The maximum atomic E-state index is 12.0. The number of ether oxygens (including phenoxy) is 1. The fourth-order valence-electron chi connectivity index (χ4n) is 1.93. The highest BCUT2D eigenvalue weighted by Crippen LogP contribution is 2.32. The maximum Gasteiger partial charge on any atom is 0.264 e. The number of hydrogen-bond acceptors (Lipinski definition) is 5. The smallest absolute Gasteiger partial charge is 0.264 e. The minimum Gasteiger partial charge on any atom is -0.484 e. The Morgan fingerprint density at radius 2 is 2.09 bits per heavy atom. The van der Waals surface area contributed by atoms with E-state index in [1.54, 1.807) is 35.6 Å². The second-order valence-corrected chi connectivity index (χ2v) is 7.28. The van der Waals surface area contributed by atoms with Gasteiger partial charge in [0.1, 0.15) is 5.75 Å². The van der Waals surface area contributed by atoms with Crippen molar-refractivity contribution in [3.8, 4) is 16.3 Å². The lowest BCUT2D eigenvalue weighted by molar-refractivity contribution is -0.118. The van der Waals surface area contributed by atoms with E-state index in [4.69, 9.17) is 16.3 Å². The molecule has 118 valence electrons. The third-order valence-corrected chi connectivity index (χ3v) is 5.00. The molecule has 0 atom stereocenters. The van der Waals surface area contributed by atoms with Gasteiger partial charge in [0.05, 0.1) is 10.6 Å². The number of anilines is 1. The molecule has 2 heterocycles. The lowest BCUT2D eigenvalue weighted by atomic mass is 10.3. The summed E-state index contributed by atoms with van der Waals surface area (Å²) in [6.45, 7) is 1.92. The molecule has 0 spiro atoms. The van der Waals surface area contributed by atoms with Crippen LogP contribution in [-0.4, -0.2) is 17.5 Å². The third kappa shape index (κ3) is 4.10. The van der Waals surface area contributed by atoms with Crippen LogP contribution in [0.2, 0.25) is 5.02 Å². The van der Waals surface area contributed by atoms with Crippen molar-refractivity contribution in [2.24, 2.45) is 0 Å². The van der Waals surface area contributed by atoms with Crippen LogP contribution in [-0.2, 0) is 4.79 Å². The summed E-state index contributed by atoms with van der Waals surface area (Å²) in [6.07, 6.45) is 0. The van der Waals surface area contributed by atoms with Crippen LogP contribution in [0.4, 0.5) is 5.13 Å². The zero-order valence-corrected chi connectivity index (χ0v) is 14.6. The highest BCUT2D eigenvalue weighted by atomic mass is 35.5. The van der Waals surface area contributed by atoms with Crippen LogP contribution in [0, 0.1) is 6.92 Å². The number of rotatable bonds is 5. The quantitative estimate of drug-likeness (QED) is 0.704. The Balaban J connectivity index is 1.60. The van der Waals surface area contributed by atoms with Crippen LogP contribution >= 0.6 is 34.3 Å². The maximum absolute atomic E-state index is 12.0. The van der Waals surface area contributed by atoms with Gasteiger partial charge in [-0.3, -0.25) is 10.1 Å². The van der Waals surface area contributed by atoms with Gasteiger partial charge >= 0.3 is 0 Å². The van der Waals surface area contributed by atoms with Crippen LogP contribution in [0.15, 0.2) is 41.8 Å². The van der Waals surface area contributed by atoms with Gasteiger partial charge in [0.2, 0.25) is 0 Å². The summed E-state index contributed by atoms with van der Waals surface area (Å²) >= 11 is 8.88. The number of benzene rings is 1. The molecular weight excluding hydrogens is 352 g/mol. The van der Waals surface area contributed by atoms with E-state index >= 15 is 0 Å². The Morgan fingerprint density at radius 3 is 2.78 bits per heavy atom. The largest absolute Gasteiger partial charge is 0.484 e. The van der Waals surface area contributed by atoms with Gasteiger partial charge in [0.25, 0.3) is 5.91 Å². The van der Waals surface area contributed by atoms with Gasteiger partial charge in [-0.2, -0.15) is 0 Å². The molecule has 0 aliphatic heterocycles. The molecular formula is C16H13ClN2O2S2. The number of hydrogen-bond donors (Lipinski definition) is 1. The molecule has 0 fully saturated rings. The number of amides is 1. The molecule has 1 amide bonds. The average molecular weight is 365 g/mol. The van der Waals surface area contributed by atoms with Crippen LogP contribution in [0.1, 0.15) is 4.88 Å². The zero-order valence-electron chi connectivity index (χ0n) is 12.2. The highest BCUT2D eigenvalue weighted by Gasteiger charge is 2.13. The zero-order chi connectivity index (χ0) is 16.2. The molecule has 0 bridgehead atoms. The number of aryl methyl sites for hydroxylation is 1. The van der Waals surface area contributed by atoms with Crippen LogP contribution < -0.4 is 10.1 Å². The van der Waals surface area contributed by atoms with Crippen LogP contribution in [0.3, 0.4) is 0 Å². The van der Waals surface area contributed by atoms with Crippen LogP contribution in [0.25, 0.3) is 10.6 Å². The predicted molar refractivity (Wildman–Crippen MR) is 95.7 cm³/mol. The van der Waals surface area contributed by atoms with Crippen molar-refractivity contribution >= 4 is 45.3 Å². The van der Waals surface area contributed by atoms with E-state index < -0.39 is 0 Å². The molecule has 23 heavy (non-hydrogen) atoms. The topological polar surface area (TPSA) is 51.2 Å². The van der Waals surface area contributed by atoms with Gasteiger partial charge in [-0.15, -0.1) is 22.7 Å². The first-order valence-corrected chi connectivity index (χ1v) is 8.89. The van der Waals surface area contributed by atoms with E-state index in [-0.39, 0.29) is 12.5 Å². The van der Waals surface area contributed by atoms with Gasteiger partial charge in [-0.1, -0.05) is 17.7 Å². The number of nitrogens with one attached hydrogen (secondary N) is 1. The lowest BCUT2D eigenvalue weighted by Gasteiger charge is -2.05. The Morgan fingerprint density at radius 1 is 1.30 bits per heavy atom. The number of thiazole rings is 1. The summed E-state index contributed by atoms with van der Waals surface area (Å²) in [5.74, 6) is 0.352. The van der Waals surface area contributed by atoms with Crippen molar-refractivity contribution in [3.63, 3.8) is 0 Å². The van der Waals surface area contributed by atoms with Crippen molar-refractivity contribution in [3.05, 3.63) is 51.7 Å². The minimum atomic E-state index is -0.244. The second-order valence-electron chi connectivity index (χ2n) is 4.69. The van der Waals surface area contributed by atoms with Gasteiger partial charge in [-0.25, -0.2) is 4.98 Å². The van der Waals surface area contributed by atoms with Crippen molar-refractivity contribution in [1.82, 2.24) is 4.98 Å². The molecule has 3 aromatic rings. The molecule has 1 aromatic carbocycles. The molecule has 3 rings (SSSR count). The molecule has 0 unspecified atom stereocenters. The van der Waals surface area contributed by atoms with E-state index in [2.05, 4.69) is 10.3 Å². The first-order chi connectivity index (χ1) is 11.1. The summed E-state index contributed by atoms with van der Waals surface area (Å²) in [7, 11) is 0. The minimum absolute atomic E-state index is 0.0748. The predicted octanol–water partition coefficient (Wildman–Crippen LogP) is 4.85. The van der Waals surface area contributed by atoms with Gasteiger partial charge < -0.3 is 4.74 Å². The molecule has 7 heteroatoms. The van der Waals surface area contributed by atoms with E-state index in [9.17, 15) is 4.79 Å². The summed E-state index contributed by atoms with van der Waals surface area (Å²) in [6, 6.07) is 10.9. The summed E-state index contributed by atoms with van der Waals surface area (Å²) in [4.78, 5) is 18.6. The fraction of sp³-hybridized carbons (Fsp3) is 0.125. The number of carbonyl (C=O) groups excluding carboxylic acids is 1. The fourth-order valence-corrected chi connectivity index (χ4v) is 3.73.